The van der Waals surface area contributed by atoms with Gasteiger partial charge in [-0.2, -0.15) is 0 Å². The molecule has 1 N–H and O–H groups in total. The number of benzene rings is 2. The Bertz CT molecular complexity index is 851. The molecule has 2 aromatic rings. The van der Waals surface area contributed by atoms with Crippen molar-refractivity contribution in [3.8, 4) is 0 Å². The van der Waals surface area contributed by atoms with Crippen LogP contribution in [0.25, 0.3) is 0 Å². The lowest BCUT2D eigenvalue weighted by Crippen LogP contribution is -2.49. The van der Waals surface area contributed by atoms with Crippen molar-refractivity contribution in [2.75, 3.05) is 36.4 Å². The van der Waals surface area contributed by atoms with Crippen LogP contribution in [0.3, 0.4) is 0 Å². The van der Waals surface area contributed by atoms with Gasteiger partial charge in [0.2, 0.25) is 5.91 Å². The van der Waals surface area contributed by atoms with Gasteiger partial charge >= 0.3 is 0 Å². The van der Waals surface area contributed by atoms with E-state index >= 15 is 0 Å². The van der Waals surface area contributed by atoms with Gasteiger partial charge < -0.3 is 15.1 Å². The minimum Gasteiger partial charge on any atom is -0.368 e. The number of rotatable bonds is 4. The van der Waals surface area contributed by atoms with Crippen LogP contribution in [0.2, 0.25) is 0 Å². The largest absolute Gasteiger partial charge is 0.368 e. The number of piperazine rings is 1. The fourth-order valence-corrected chi connectivity index (χ4v) is 3.39. The third-order valence-electron chi connectivity index (χ3n) is 5.34. The summed E-state index contributed by atoms with van der Waals surface area (Å²) in [6.45, 7) is 11.1. The zero-order valence-corrected chi connectivity index (χ0v) is 17.2. The predicted octanol–water partition coefficient (Wildman–Crippen LogP) is 3.86. The number of nitrogens with zero attached hydrogens (tertiary/aromatic N) is 2. The van der Waals surface area contributed by atoms with Gasteiger partial charge in [0.15, 0.2) is 0 Å². The fraction of sp³-hybridized carbons (Fsp3) is 0.391. The summed E-state index contributed by atoms with van der Waals surface area (Å²) in [6.07, 6.45) is 0. The van der Waals surface area contributed by atoms with Gasteiger partial charge in [-0.3, -0.25) is 9.59 Å². The van der Waals surface area contributed by atoms with E-state index in [1.54, 1.807) is 0 Å². The van der Waals surface area contributed by atoms with Crippen LogP contribution >= 0.6 is 0 Å². The fourth-order valence-electron chi connectivity index (χ4n) is 3.39. The highest BCUT2D eigenvalue weighted by atomic mass is 16.2. The molecule has 1 heterocycles. The van der Waals surface area contributed by atoms with E-state index in [0.717, 1.165) is 43.1 Å². The molecule has 0 aliphatic carbocycles. The van der Waals surface area contributed by atoms with Crippen molar-refractivity contribution in [3.05, 3.63) is 59.2 Å². The van der Waals surface area contributed by atoms with Crippen molar-refractivity contribution in [2.45, 2.75) is 27.7 Å². The highest BCUT2D eigenvalue weighted by Crippen LogP contribution is 2.21. The first kappa shape index (κ1) is 19.9. The maximum atomic E-state index is 12.5. The quantitative estimate of drug-likeness (QED) is 0.878. The summed E-state index contributed by atoms with van der Waals surface area (Å²) in [5.41, 5.74) is 4.84. The van der Waals surface area contributed by atoms with E-state index in [2.05, 4.69) is 10.2 Å². The van der Waals surface area contributed by atoms with Gasteiger partial charge in [0, 0.05) is 49.0 Å². The Morgan fingerprint density at radius 1 is 0.893 bits per heavy atom. The van der Waals surface area contributed by atoms with E-state index in [4.69, 9.17) is 0 Å². The molecule has 3 rings (SSSR count). The molecule has 0 spiro atoms. The van der Waals surface area contributed by atoms with Gasteiger partial charge in [0.05, 0.1) is 0 Å². The van der Waals surface area contributed by atoms with Crippen LogP contribution in [0.1, 0.15) is 35.3 Å². The van der Waals surface area contributed by atoms with Gasteiger partial charge in [0.25, 0.3) is 5.91 Å². The van der Waals surface area contributed by atoms with Gasteiger partial charge in [-0.1, -0.05) is 19.9 Å². The summed E-state index contributed by atoms with van der Waals surface area (Å²) in [4.78, 5) is 28.8. The third kappa shape index (κ3) is 4.53. The maximum absolute atomic E-state index is 12.5. The van der Waals surface area contributed by atoms with Crippen molar-refractivity contribution in [1.29, 1.82) is 0 Å². The molecule has 0 saturated carbocycles. The standard InChI is InChI=1S/C23H29N3O2/c1-16(2)23(28)26-13-11-25(12-14-26)21-9-7-20(8-10-21)24-22(27)19-6-5-17(3)18(4)15-19/h5-10,15-16H,11-14H2,1-4H3,(H,24,27). The number of anilines is 2. The Kier molecular flexibility index (Phi) is 6.02. The van der Waals surface area contributed by atoms with Crippen LogP contribution in [-0.4, -0.2) is 42.9 Å². The van der Waals surface area contributed by atoms with E-state index in [-0.39, 0.29) is 17.7 Å². The molecule has 2 amide bonds. The van der Waals surface area contributed by atoms with Crippen LogP contribution in [0.4, 0.5) is 11.4 Å². The molecule has 0 unspecified atom stereocenters. The van der Waals surface area contributed by atoms with Gasteiger partial charge in [0.1, 0.15) is 0 Å². The number of hydrogen-bond donors (Lipinski definition) is 1. The summed E-state index contributed by atoms with van der Waals surface area (Å²) in [5.74, 6) is 0.174. The number of carbonyl (C=O) groups excluding carboxylic acids is 2. The molecule has 5 nitrogen and oxygen atoms in total. The van der Waals surface area contributed by atoms with Crippen molar-refractivity contribution in [3.63, 3.8) is 0 Å². The lowest BCUT2D eigenvalue weighted by Gasteiger charge is -2.37. The van der Waals surface area contributed by atoms with E-state index < -0.39 is 0 Å². The molecule has 0 aromatic heterocycles. The Morgan fingerprint density at radius 2 is 1.54 bits per heavy atom. The van der Waals surface area contributed by atoms with Crippen LogP contribution in [0.5, 0.6) is 0 Å². The number of hydrogen-bond acceptors (Lipinski definition) is 3. The molecule has 0 atom stereocenters. The monoisotopic (exact) mass is 379 g/mol. The number of nitrogens with one attached hydrogen (secondary N) is 1. The highest BCUT2D eigenvalue weighted by Gasteiger charge is 2.22. The first-order valence-electron chi connectivity index (χ1n) is 9.87. The van der Waals surface area contributed by atoms with Gasteiger partial charge in [-0.05, 0) is 61.4 Å². The first-order chi connectivity index (χ1) is 13.3. The molecule has 0 bridgehead atoms. The zero-order valence-electron chi connectivity index (χ0n) is 17.2. The van der Waals surface area contributed by atoms with E-state index in [9.17, 15) is 9.59 Å². The summed E-state index contributed by atoms with van der Waals surface area (Å²) in [7, 11) is 0. The molecular formula is C23H29N3O2. The summed E-state index contributed by atoms with van der Waals surface area (Å²) < 4.78 is 0. The SMILES string of the molecule is Cc1ccc(C(=O)Nc2ccc(N3CCN(C(=O)C(C)C)CC3)cc2)cc1C. The minimum absolute atomic E-state index is 0.0479. The Hall–Kier alpha value is -2.82. The van der Waals surface area contributed by atoms with Crippen molar-refractivity contribution < 1.29 is 9.59 Å². The van der Waals surface area contributed by atoms with E-state index in [1.165, 1.54) is 5.56 Å². The van der Waals surface area contributed by atoms with Gasteiger partial charge in [-0.25, -0.2) is 0 Å². The highest BCUT2D eigenvalue weighted by molar-refractivity contribution is 6.04. The first-order valence-corrected chi connectivity index (χ1v) is 9.87. The van der Waals surface area contributed by atoms with Crippen LogP contribution in [0.15, 0.2) is 42.5 Å². The van der Waals surface area contributed by atoms with Crippen LogP contribution in [-0.2, 0) is 4.79 Å². The lowest BCUT2D eigenvalue weighted by molar-refractivity contribution is -0.134. The van der Waals surface area contributed by atoms with Crippen molar-refractivity contribution >= 4 is 23.2 Å². The second-order valence-corrected chi connectivity index (χ2v) is 7.77. The van der Waals surface area contributed by atoms with Gasteiger partial charge in [-0.15, -0.1) is 0 Å². The Morgan fingerprint density at radius 3 is 2.11 bits per heavy atom. The zero-order chi connectivity index (χ0) is 20.3. The minimum atomic E-state index is -0.100. The second kappa shape index (κ2) is 8.46. The summed E-state index contributed by atoms with van der Waals surface area (Å²) in [5, 5.41) is 2.96. The summed E-state index contributed by atoms with van der Waals surface area (Å²) in [6, 6.07) is 13.6. The summed E-state index contributed by atoms with van der Waals surface area (Å²) >= 11 is 0. The molecule has 1 fully saturated rings. The van der Waals surface area contributed by atoms with E-state index in [1.807, 2.05) is 75.1 Å². The Labute approximate surface area is 167 Å². The average Bonchev–Trinajstić information content (AvgIpc) is 2.70. The normalized spacial score (nSPS) is 14.3. The number of carbonyl (C=O) groups is 2. The molecule has 2 aromatic carbocycles. The third-order valence-corrected chi connectivity index (χ3v) is 5.34. The smallest absolute Gasteiger partial charge is 0.255 e. The molecule has 0 radical (unpaired) electrons. The van der Waals surface area contributed by atoms with E-state index in [0.29, 0.717) is 5.56 Å². The average molecular weight is 380 g/mol. The predicted molar refractivity (Wildman–Crippen MR) is 114 cm³/mol. The number of aryl methyl sites for hydroxylation is 2. The molecule has 5 heteroatoms. The lowest BCUT2D eigenvalue weighted by atomic mass is 10.1. The second-order valence-electron chi connectivity index (χ2n) is 7.77. The molecule has 28 heavy (non-hydrogen) atoms. The molecular weight excluding hydrogens is 350 g/mol. The molecule has 1 aliphatic heterocycles. The molecule has 1 saturated heterocycles. The van der Waals surface area contributed by atoms with Crippen molar-refractivity contribution in [1.82, 2.24) is 4.90 Å². The number of amides is 2. The molecule has 148 valence electrons. The Balaban J connectivity index is 1.59. The maximum Gasteiger partial charge on any atom is 0.255 e. The van der Waals surface area contributed by atoms with Crippen LogP contribution in [0, 0.1) is 19.8 Å². The van der Waals surface area contributed by atoms with Crippen molar-refractivity contribution in [2.24, 2.45) is 5.92 Å². The topological polar surface area (TPSA) is 52.7 Å². The molecule has 1 aliphatic rings. The van der Waals surface area contributed by atoms with Crippen LogP contribution < -0.4 is 10.2 Å².